The van der Waals surface area contributed by atoms with Gasteiger partial charge >= 0.3 is 5.97 Å². The number of aliphatic hydroxyl groups is 5. The molecule has 4 bridgehead atoms. The largest absolute Gasteiger partial charge is 0.465 e. The van der Waals surface area contributed by atoms with Gasteiger partial charge in [-0.2, -0.15) is 0 Å². The summed E-state index contributed by atoms with van der Waals surface area (Å²) < 4.78 is 5.98. The Bertz CT molecular complexity index is 2430. The summed E-state index contributed by atoms with van der Waals surface area (Å²) in [7, 11) is 0. The lowest BCUT2D eigenvalue weighted by molar-refractivity contribution is -0.190. The van der Waals surface area contributed by atoms with Crippen LogP contribution in [0, 0.1) is 99.6 Å². The van der Waals surface area contributed by atoms with Gasteiger partial charge in [0.15, 0.2) is 11.7 Å². The topological polar surface area (TPSA) is 254 Å². The number of Topliss-reactive ketones (excluding diaryl/α,β-unsaturated/α-hetero) is 2. The number of esters is 1. The monoisotopic (exact) mass is 964 g/mol. The van der Waals surface area contributed by atoms with Gasteiger partial charge < -0.3 is 52.0 Å². The van der Waals surface area contributed by atoms with Crippen LogP contribution in [0.1, 0.15) is 117 Å². The van der Waals surface area contributed by atoms with Gasteiger partial charge in [0.1, 0.15) is 5.78 Å². The van der Waals surface area contributed by atoms with Crippen LogP contribution in [0.4, 0.5) is 0 Å². The highest BCUT2D eigenvalue weighted by Crippen LogP contribution is 2.72. The highest BCUT2D eigenvalue weighted by atomic mass is 16.5. The van der Waals surface area contributed by atoms with Gasteiger partial charge in [-0.05, 0) is 154 Å². The highest BCUT2D eigenvalue weighted by Gasteiger charge is 2.74. The number of hydrogen-bond acceptors (Lipinski definition) is 11. The van der Waals surface area contributed by atoms with Gasteiger partial charge in [-0.15, -0.1) is 5.92 Å². The van der Waals surface area contributed by atoms with Crippen molar-refractivity contribution in [1.82, 2.24) is 10.3 Å². The van der Waals surface area contributed by atoms with Crippen molar-refractivity contribution >= 4 is 23.5 Å². The fraction of sp³-hybridized carbons (Fsp3) is 0.714. The quantitative estimate of drug-likeness (QED) is 0.0578. The van der Waals surface area contributed by atoms with E-state index in [2.05, 4.69) is 59.2 Å². The van der Waals surface area contributed by atoms with Crippen molar-refractivity contribution in [2.75, 3.05) is 19.7 Å². The Morgan fingerprint density at radius 3 is 2.53 bits per heavy atom. The minimum Gasteiger partial charge on any atom is -0.465 e. The number of nitrogens with zero attached hydrogens (tertiary/aromatic N) is 1. The molecule has 21 atom stereocenters. The minimum atomic E-state index is -1.80. The molecule has 14 nitrogen and oxygen atoms in total. The first kappa shape index (κ1) is 49.3. The molecule has 1 aromatic rings. The number of ether oxygens (including phenoxy) is 1. The Kier molecular flexibility index (Phi) is 12.7. The molecule has 1 aliphatic heterocycles. The van der Waals surface area contributed by atoms with Crippen molar-refractivity contribution in [3.8, 4) is 11.8 Å². The molecule has 0 unspecified atom stereocenters. The fourth-order valence-corrected chi connectivity index (χ4v) is 17.5. The smallest absolute Gasteiger partial charge is 0.313 e. The number of nitrogens with one attached hydrogen (secondary N) is 2. The maximum Gasteiger partial charge on any atom is 0.313 e. The van der Waals surface area contributed by atoms with E-state index in [0.29, 0.717) is 36.7 Å². The van der Waals surface area contributed by atoms with E-state index in [0.717, 1.165) is 24.8 Å². The summed E-state index contributed by atoms with van der Waals surface area (Å²) in [5, 5.41) is 66.2. The number of nitrogens with two attached hydrogens (primary N) is 2. The van der Waals surface area contributed by atoms with Gasteiger partial charge in [0.2, 0.25) is 0 Å². The second-order valence-corrected chi connectivity index (χ2v) is 24.3. The van der Waals surface area contributed by atoms with Crippen LogP contribution in [-0.4, -0.2) is 103 Å². The number of ketones is 2. The summed E-state index contributed by atoms with van der Waals surface area (Å²) in [4.78, 5) is 49.3. The summed E-state index contributed by atoms with van der Waals surface area (Å²) in [6.45, 7) is 9.87. The molecular weight excluding hydrogens is 887 g/mol. The third-order valence-electron chi connectivity index (χ3n) is 20.4. The number of fused-ring (bicyclic) bond motifs is 8. The van der Waals surface area contributed by atoms with Crippen molar-refractivity contribution in [3.05, 3.63) is 59.1 Å². The van der Waals surface area contributed by atoms with E-state index in [4.69, 9.17) is 16.2 Å². The number of H-pyrrole nitrogens is 1. The third-order valence-corrected chi connectivity index (χ3v) is 20.4. The number of carbonyl (C=O) groups is 3. The van der Waals surface area contributed by atoms with Crippen LogP contribution in [0.5, 0.6) is 0 Å². The van der Waals surface area contributed by atoms with Crippen molar-refractivity contribution in [2.24, 2.45) is 104 Å². The van der Waals surface area contributed by atoms with Gasteiger partial charge in [0, 0.05) is 54.4 Å². The Morgan fingerprint density at radius 2 is 1.80 bits per heavy atom. The molecule has 0 amide bonds. The number of hydrogen-bond donors (Lipinski definition) is 9. The van der Waals surface area contributed by atoms with E-state index in [-0.39, 0.29) is 122 Å². The van der Waals surface area contributed by atoms with Crippen LogP contribution >= 0.6 is 0 Å². The molecule has 0 radical (unpaired) electrons. The lowest BCUT2D eigenvalue weighted by atomic mass is 9.44. The number of aromatic amines is 1. The Labute approximate surface area is 412 Å². The van der Waals surface area contributed by atoms with Crippen LogP contribution in [0.3, 0.4) is 0 Å². The number of rotatable bonds is 8. The lowest BCUT2D eigenvalue weighted by Crippen LogP contribution is -2.65. The van der Waals surface area contributed by atoms with Gasteiger partial charge in [0.25, 0.3) is 0 Å². The summed E-state index contributed by atoms with van der Waals surface area (Å²) in [5.74, 6) is 4.31. The average molecular weight is 964 g/mol. The van der Waals surface area contributed by atoms with Crippen molar-refractivity contribution < 1.29 is 44.7 Å². The molecule has 8 aliphatic carbocycles. The maximum atomic E-state index is 15.1. The van der Waals surface area contributed by atoms with Crippen LogP contribution in [0.15, 0.2) is 58.5 Å². The average Bonchev–Trinajstić information content (AvgIpc) is 4.02. The van der Waals surface area contributed by atoms with Crippen molar-refractivity contribution in [1.29, 1.82) is 0 Å². The van der Waals surface area contributed by atoms with Crippen LogP contribution in [0.25, 0.3) is 0 Å². The standard InChI is InChI=1S/C56H77N5O9/c1-28-9-10-31-21-32-11-12-36-35(38-27-70-51(67)45(38)34-14-17-59-26-34)8-6-7-33-23-56(69)47-39(53(4)24-42(64)41(63)22-40(53)49(66)48(47)61-25-30(3)62)13-15-55(56,16-18-60-52(57)58)50(33)54(5,68)43(65)20-29(2)44(32)46(36)37(31)19-28/h11-12,14,17,21,26,28-29,32-33,35-46,50,59,61,63-65,68-69H,7,9-10,13,15-16,18-20,22-25,27H2,1-5H3,(H4,57,58,60)/t28-,29-,32+,33+,35+,36+,37+,38-,39+,40+,41-,42+,43-,44-,45+,46-,50-,53-,54+,55+,56-/m1/s1. The van der Waals surface area contributed by atoms with Crippen LogP contribution in [-0.2, 0) is 19.1 Å². The number of guanidine groups is 1. The lowest BCUT2D eigenvalue weighted by Gasteiger charge is -2.62. The predicted molar refractivity (Wildman–Crippen MR) is 263 cm³/mol. The number of aromatic nitrogens is 1. The summed E-state index contributed by atoms with van der Waals surface area (Å²) in [6.07, 6.45) is 12.6. The fourth-order valence-electron chi connectivity index (χ4n) is 17.5. The maximum absolute atomic E-state index is 15.1. The minimum absolute atomic E-state index is 0.0289. The van der Waals surface area contributed by atoms with Gasteiger partial charge in [-0.25, -0.2) is 0 Å². The zero-order chi connectivity index (χ0) is 49.8. The van der Waals surface area contributed by atoms with Crippen molar-refractivity contribution in [3.63, 3.8) is 0 Å². The predicted octanol–water partition coefficient (Wildman–Crippen LogP) is 4.42. The third kappa shape index (κ3) is 7.68. The summed E-state index contributed by atoms with van der Waals surface area (Å²) in [6, 6.07) is 1.95. The van der Waals surface area contributed by atoms with E-state index in [1.807, 2.05) is 25.4 Å². The van der Waals surface area contributed by atoms with E-state index in [1.54, 1.807) is 6.92 Å². The molecule has 70 heavy (non-hydrogen) atoms. The second kappa shape index (κ2) is 18.0. The first-order valence-electron chi connectivity index (χ1n) is 26.4. The van der Waals surface area contributed by atoms with Crippen molar-refractivity contribution in [2.45, 2.75) is 141 Å². The SMILES string of the molecule is CC(=O)CNC1=C2[C@H](CC[C@]3(CCN=C(N)N)[C@@H]4[C@@H](CC#C[C@H]([C@H]5COC(=O)[C@H]5c5cc[nH]c5)[C@@H]5C=C[C@H]6C=C7CC[C@@H](C)C[C@@H]7[C@@H]5[C@@H]6[C@H](C)C[C@@H](O)[C@]4(C)O)C[C@@]23O)[C@@]2(C)C[C@H](O)[C@H](O)C[C@H]2C1=O. The Hall–Kier alpha value is -4.26. The van der Waals surface area contributed by atoms with E-state index in [1.165, 1.54) is 12.5 Å². The number of aliphatic hydroxyl groups excluding tert-OH is 3. The molecule has 0 aromatic carbocycles. The van der Waals surface area contributed by atoms with Gasteiger partial charge in [-0.1, -0.05) is 50.5 Å². The second-order valence-electron chi connectivity index (χ2n) is 24.3. The molecular formula is C56H77N5O9. The van der Waals surface area contributed by atoms with Gasteiger partial charge in [0.05, 0.1) is 54.3 Å². The molecule has 14 heteroatoms. The zero-order valence-electron chi connectivity index (χ0n) is 41.6. The summed E-state index contributed by atoms with van der Waals surface area (Å²) >= 11 is 0. The molecule has 11 N–H and O–H groups in total. The number of cyclic esters (lactones) is 1. The normalized spacial score (nSPS) is 47.2. The van der Waals surface area contributed by atoms with E-state index < -0.39 is 69.9 Å². The van der Waals surface area contributed by atoms with Crippen LogP contribution in [0.2, 0.25) is 0 Å². The molecule has 380 valence electrons. The Balaban J connectivity index is 1.16. The molecule has 10 rings (SSSR count). The zero-order valence-corrected chi connectivity index (χ0v) is 41.6. The highest BCUT2D eigenvalue weighted by molar-refractivity contribution is 6.00. The first-order valence-corrected chi connectivity index (χ1v) is 26.4. The molecule has 5 fully saturated rings. The molecule has 2 heterocycles. The molecule has 1 saturated heterocycles. The van der Waals surface area contributed by atoms with Crippen LogP contribution < -0.4 is 16.8 Å². The number of carbonyl (C=O) groups excluding carboxylic acids is 3. The Morgan fingerprint density at radius 1 is 1.01 bits per heavy atom. The van der Waals surface area contributed by atoms with Gasteiger partial charge in [-0.3, -0.25) is 19.4 Å². The van der Waals surface area contributed by atoms with E-state index >= 15 is 4.79 Å². The number of aliphatic imine (C=N–C) groups is 1. The molecule has 0 spiro atoms. The summed E-state index contributed by atoms with van der Waals surface area (Å²) in [5.41, 5.74) is 9.29. The van der Waals surface area contributed by atoms with E-state index in [9.17, 15) is 35.1 Å². The molecule has 1 aromatic heterocycles. The number of allylic oxidation sites excluding steroid dienone is 5. The first-order chi connectivity index (χ1) is 33.2. The molecule has 9 aliphatic rings. The molecule has 4 saturated carbocycles.